The number of aliphatic hydroxyl groups excluding tert-OH is 4. The Balaban J connectivity index is -0.0000000257. The van der Waals surface area contributed by atoms with E-state index in [1.165, 1.54) is 27.7 Å². The van der Waals surface area contributed by atoms with Crippen molar-refractivity contribution < 1.29 is 81.1 Å². The molecule has 0 heterocycles. The number of hydrogen-bond acceptors (Lipinski definition) is 8. The smallest absolute Gasteiger partial charge is 0.148 e. The van der Waals surface area contributed by atoms with Crippen LogP contribution in [-0.4, -0.2) is 66.0 Å². The summed E-state index contributed by atoms with van der Waals surface area (Å²) in [6.45, 7) is 5.11. The molecular formula is C8H24O8Tc2. The van der Waals surface area contributed by atoms with Gasteiger partial charge in [-0.3, -0.25) is 0 Å². The molecule has 0 rings (SSSR count). The molecule has 0 saturated carbocycles. The zero-order valence-corrected chi connectivity index (χ0v) is 14.4. The van der Waals surface area contributed by atoms with Crippen LogP contribution in [0.1, 0.15) is 27.7 Å². The quantitative estimate of drug-likeness (QED) is 0.187. The third kappa shape index (κ3) is 4530. The van der Waals surface area contributed by atoms with Gasteiger partial charge in [0.15, 0.2) is 0 Å². The Labute approximate surface area is 134 Å². The van der Waals surface area contributed by atoms with E-state index in [9.17, 15) is 0 Å². The van der Waals surface area contributed by atoms with Crippen molar-refractivity contribution in [2.24, 2.45) is 0 Å². The first-order valence-electron chi connectivity index (χ1n) is 4.37. The minimum atomic E-state index is -1.17. The van der Waals surface area contributed by atoms with Crippen LogP contribution < -0.4 is 0 Å². The maximum atomic E-state index is 7.61. The van der Waals surface area contributed by atoms with Gasteiger partial charge < -0.3 is 40.9 Å². The maximum absolute atomic E-state index is 7.61. The van der Waals surface area contributed by atoms with Gasteiger partial charge in [-0.2, -0.15) is 0 Å². The summed E-state index contributed by atoms with van der Waals surface area (Å²) in [4.78, 5) is 0. The third-order valence-corrected chi connectivity index (χ3v) is 0. The van der Waals surface area contributed by atoms with E-state index < -0.39 is 25.2 Å². The standard InChI is InChI=1S/4C2H6O2.2Tc/c4*1-2(3)4;;/h4*2-4H,1H3;;. The second kappa shape index (κ2) is 30.8. The van der Waals surface area contributed by atoms with E-state index in [-0.39, 0.29) is 40.2 Å². The predicted octanol–water partition coefficient (Wildman–Crippen LogP) is -2.74. The molecule has 18 heavy (non-hydrogen) atoms. The average Bonchev–Trinajstić information content (AvgIpc) is 1.76. The van der Waals surface area contributed by atoms with Crippen molar-refractivity contribution in [3.05, 3.63) is 0 Å². The Bertz CT molecular complexity index is 68.1. The summed E-state index contributed by atoms with van der Waals surface area (Å²) in [5.74, 6) is 0. The fourth-order valence-corrected chi connectivity index (χ4v) is 0. The normalized spacial score (nSPS) is 8.00. The van der Waals surface area contributed by atoms with Crippen molar-refractivity contribution >= 4 is 0 Å². The van der Waals surface area contributed by atoms with Crippen LogP contribution in [0.25, 0.3) is 0 Å². The van der Waals surface area contributed by atoms with Crippen molar-refractivity contribution in [1.82, 2.24) is 0 Å². The molecule has 0 spiro atoms. The van der Waals surface area contributed by atoms with Crippen LogP contribution in [0, 0.1) is 0 Å². The SMILES string of the molecule is CC(O)O.CC(O)O.CC(O)O.CC(O)O.[Tc].[Tc]. The van der Waals surface area contributed by atoms with Crippen molar-refractivity contribution in [2.45, 2.75) is 52.9 Å². The zero-order valence-electron chi connectivity index (χ0n) is 10.6. The fourth-order valence-electron chi connectivity index (χ4n) is 0. The van der Waals surface area contributed by atoms with E-state index in [0.29, 0.717) is 0 Å². The first-order valence-corrected chi connectivity index (χ1v) is 4.37. The summed E-state index contributed by atoms with van der Waals surface area (Å²) in [6, 6.07) is 0. The number of rotatable bonds is 0. The molecule has 0 saturated heterocycles. The molecule has 0 aromatic carbocycles. The Morgan fingerprint density at radius 2 is 0.389 bits per heavy atom. The van der Waals surface area contributed by atoms with Gasteiger partial charge in [0.1, 0.15) is 25.2 Å². The summed E-state index contributed by atoms with van der Waals surface area (Å²) >= 11 is 0. The number of hydrogen-bond donors (Lipinski definition) is 8. The Morgan fingerprint density at radius 1 is 0.389 bits per heavy atom. The molecule has 8 N–H and O–H groups in total. The fraction of sp³-hybridized carbons (Fsp3) is 1.00. The topological polar surface area (TPSA) is 162 Å². The molecule has 8 nitrogen and oxygen atoms in total. The summed E-state index contributed by atoms with van der Waals surface area (Å²) in [5.41, 5.74) is 0. The van der Waals surface area contributed by atoms with Crippen LogP contribution in [0.15, 0.2) is 0 Å². The molecule has 10 heteroatoms. The van der Waals surface area contributed by atoms with E-state index in [4.69, 9.17) is 40.9 Å². The average molecular weight is 444 g/mol. The molecule has 0 atom stereocenters. The first-order chi connectivity index (χ1) is 6.93. The second-order valence-corrected chi connectivity index (χ2v) is 2.53. The summed E-state index contributed by atoms with van der Waals surface area (Å²) in [5, 5.41) is 60.9. The van der Waals surface area contributed by atoms with Crippen molar-refractivity contribution in [3.63, 3.8) is 0 Å². The zero-order chi connectivity index (χ0) is 14.3. The van der Waals surface area contributed by atoms with Crippen LogP contribution in [0.4, 0.5) is 0 Å². The van der Waals surface area contributed by atoms with Gasteiger partial charge in [0, 0.05) is 40.2 Å². The van der Waals surface area contributed by atoms with E-state index in [1.54, 1.807) is 0 Å². The van der Waals surface area contributed by atoms with Gasteiger partial charge in [0.2, 0.25) is 0 Å². The largest absolute Gasteiger partial charge is 0.368 e. The molecule has 0 aliphatic heterocycles. The van der Waals surface area contributed by atoms with E-state index in [2.05, 4.69) is 0 Å². The molecule has 0 aliphatic rings. The minimum absolute atomic E-state index is 0. The van der Waals surface area contributed by atoms with E-state index in [0.717, 1.165) is 0 Å². The molecule has 118 valence electrons. The molecule has 0 unspecified atom stereocenters. The molecule has 0 aromatic rings. The van der Waals surface area contributed by atoms with Crippen molar-refractivity contribution in [3.8, 4) is 0 Å². The van der Waals surface area contributed by atoms with E-state index in [1.807, 2.05) is 0 Å². The summed E-state index contributed by atoms with van der Waals surface area (Å²) in [7, 11) is 0. The Kier molecular flexibility index (Phi) is 62.3. The molecule has 0 bridgehead atoms. The molecule has 2 radical (unpaired) electrons. The monoisotopic (exact) mass is 442 g/mol. The molecular weight excluding hydrogens is 420 g/mol. The van der Waals surface area contributed by atoms with Crippen LogP contribution >= 0.6 is 0 Å². The Morgan fingerprint density at radius 3 is 0.389 bits per heavy atom. The predicted molar refractivity (Wildman–Crippen MR) is 55.6 cm³/mol. The molecule has 0 amide bonds. The van der Waals surface area contributed by atoms with Gasteiger partial charge in [-0.25, -0.2) is 0 Å². The molecule has 0 fully saturated rings. The molecule has 0 aromatic heterocycles. The maximum Gasteiger partial charge on any atom is 0.148 e. The van der Waals surface area contributed by atoms with Gasteiger partial charge in [-0.1, -0.05) is 0 Å². The minimum Gasteiger partial charge on any atom is -0.368 e. The third-order valence-electron chi connectivity index (χ3n) is 0. The molecule has 0 aliphatic carbocycles. The van der Waals surface area contributed by atoms with Crippen LogP contribution in [0.2, 0.25) is 0 Å². The van der Waals surface area contributed by atoms with E-state index >= 15 is 0 Å². The van der Waals surface area contributed by atoms with Gasteiger partial charge in [-0.05, 0) is 27.7 Å². The van der Waals surface area contributed by atoms with Crippen LogP contribution in [-0.2, 0) is 40.2 Å². The van der Waals surface area contributed by atoms with Crippen LogP contribution in [0.3, 0.4) is 0 Å². The van der Waals surface area contributed by atoms with Crippen molar-refractivity contribution in [2.75, 3.05) is 0 Å². The van der Waals surface area contributed by atoms with Gasteiger partial charge in [-0.15, -0.1) is 0 Å². The van der Waals surface area contributed by atoms with Crippen molar-refractivity contribution in [1.29, 1.82) is 0 Å². The van der Waals surface area contributed by atoms with Gasteiger partial charge in [0.25, 0.3) is 0 Å². The second-order valence-electron chi connectivity index (χ2n) is 2.53. The Hall–Kier alpha value is 0.979. The summed E-state index contributed by atoms with van der Waals surface area (Å²) < 4.78 is 0. The van der Waals surface area contributed by atoms with Gasteiger partial charge in [0.05, 0.1) is 0 Å². The first kappa shape index (κ1) is 36.4. The summed E-state index contributed by atoms with van der Waals surface area (Å²) in [6.07, 6.45) is -4.67. The van der Waals surface area contributed by atoms with Crippen LogP contribution in [0.5, 0.6) is 0 Å². The van der Waals surface area contributed by atoms with Gasteiger partial charge >= 0.3 is 0 Å². The number of aliphatic hydroxyl groups is 8.